The lowest BCUT2D eigenvalue weighted by molar-refractivity contribution is -0.116. The summed E-state index contributed by atoms with van der Waals surface area (Å²) in [6, 6.07) is 5.40. The first kappa shape index (κ1) is 21.1. The van der Waals surface area contributed by atoms with Crippen LogP contribution in [0.25, 0.3) is 0 Å². The predicted molar refractivity (Wildman–Crippen MR) is 97.5 cm³/mol. The molecule has 0 aliphatic heterocycles. The summed E-state index contributed by atoms with van der Waals surface area (Å²) >= 11 is 5.99. The molecule has 0 aromatic heterocycles. The number of nitrogens with one attached hydrogen (secondary N) is 2. The number of amides is 1. The molecule has 0 bridgehead atoms. The Morgan fingerprint density at radius 1 is 1.19 bits per heavy atom. The number of ether oxygens (including phenoxy) is 1. The highest BCUT2D eigenvalue weighted by atomic mass is 35.5. The van der Waals surface area contributed by atoms with E-state index >= 15 is 0 Å². The Morgan fingerprint density at radius 2 is 1.89 bits per heavy atom. The summed E-state index contributed by atoms with van der Waals surface area (Å²) in [5.41, 5.74) is 1.12. The Balaban J connectivity index is 1.98. The molecule has 0 unspecified atom stereocenters. The lowest BCUT2D eigenvalue weighted by atomic mass is 10.2. The largest absolute Gasteiger partial charge is 0.495 e. The van der Waals surface area contributed by atoms with Gasteiger partial charge in [0.1, 0.15) is 5.75 Å². The van der Waals surface area contributed by atoms with Crippen LogP contribution in [0.15, 0.2) is 35.2 Å². The molecule has 2 rings (SSSR count). The van der Waals surface area contributed by atoms with Crippen LogP contribution in [0.4, 0.5) is 14.5 Å². The number of aryl methyl sites for hydroxylation is 1. The number of methoxy groups -OCH3 is 1. The minimum Gasteiger partial charge on any atom is -0.495 e. The van der Waals surface area contributed by atoms with Crippen molar-refractivity contribution in [1.82, 2.24) is 4.72 Å². The second kappa shape index (κ2) is 8.64. The number of carbonyl (C=O) groups is 1. The van der Waals surface area contributed by atoms with Crippen molar-refractivity contribution >= 4 is 33.2 Å². The summed E-state index contributed by atoms with van der Waals surface area (Å²) in [4.78, 5) is 11.6. The van der Waals surface area contributed by atoms with Crippen molar-refractivity contribution in [3.05, 3.63) is 52.6 Å². The van der Waals surface area contributed by atoms with Crippen molar-refractivity contribution < 1.29 is 26.7 Å². The Labute approximate surface area is 160 Å². The van der Waals surface area contributed by atoms with Crippen molar-refractivity contribution in [2.24, 2.45) is 0 Å². The summed E-state index contributed by atoms with van der Waals surface area (Å²) in [7, 11) is -2.65. The van der Waals surface area contributed by atoms with Crippen LogP contribution in [-0.4, -0.2) is 28.0 Å². The van der Waals surface area contributed by atoms with Gasteiger partial charge >= 0.3 is 0 Å². The molecule has 6 nitrogen and oxygen atoms in total. The van der Waals surface area contributed by atoms with E-state index < -0.39 is 32.5 Å². The molecular weight excluding hydrogens is 402 g/mol. The fourth-order valence-corrected chi connectivity index (χ4v) is 3.37. The predicted octanol–water partition coefficient (Wildman–Crippen LogP) is 3.24. The first-order chi connectivity index (χ1) is 12.6. The van der Waals surface area contributed by atoms with Gasteiger partial charge in [0.2, 0.25) is 15.9 Å². The zero-order chi connectivity index (χ0) is 20.2. The van der Waals surface area contributed by atoms with Gasteiger partial charge in [-0.2, -0.15) is 0 Å². The molecule has 0 fully saturated rings. The fraction of sp³-hybridized carbons (Fsp3) is 0.235. The quantitative estimate of drug-likeness (QED) is 0.723. The van der Waals surface area contributed by atoms with Crippen LogP contribution in [0, 0.1) is 18.6 Å². The summed E-state index contributed by atoms with van der Waals surface area (Å²) in [5, 5.41) is 3.08. The normalized spacial score (nSPS) is 11.3. The van der Waals surface area contributed by atoms with Crippen molar-refractivity contribution in [2.75, 3.05) is 19.0 Å². The van der Waals surface area contributed by atoms with Gasteiger partial charge in [-0.25, -0.2) is 21.9 Å². The van der Waals surface area contributed by atoms with E-state index in [1.165, 1.54) is 7.11 Å². The van der Waals surface area contributed by atoms with Crippen molar-refractivity contribution in [2.45, 2.75) is 18.2 Å². The van der Waals surface area contributed by atoms with Gasteiger partial charge in [0.15, 0.2) is 11.6 Å². The number of hydrogen-bond donors (Lipinski definition) is 2. The highest BCUT2D eigenvalue weighted by Gasteiger charge is 2.17. The first-order valence-electron chi connectivity index (χ1n) is 7.72. The number of hydrogen-bond acceptors (Lipinski definition) is 4. The van der Waals surface area contributed by atoms with Crippen molar-refractivity contribution in [3.8, 4) is 5.75 Å². The van der Waals surface area contributed by atoms with Gasteiger partial charge < -0.3 is 10.1 Å². The van der Waals surface area contributed by atoms with Gasteiger partial charge in [0.25, 0.3) is 0 Å². The van der Waals surface area contributed by atoms with Crippen LogP contribution in [0.3, 0.4) is 0 Å². The van der Waals surface area contributed by atoms with Crippen LogP contribution < -0.4 is 14.8 Å². The van der Waals surface area contributed by atoms with Gasteiger partial charge in [-0.1, -0.05) is 11.6 Å². The number of rotatable bonds is 7. The molecule has 0 atom stereocenters. The third-order valence-electron chi connectivity index (χ3n) is 3.60. The van der Waals surface area contributed by atoms with E-state index in [1.807, 2.05) is 0 Å². The molecule has 0 spiro atoms. The molecule has 0 heterocycles. The van der Waals surface area contributed by atoms with E-state index in [4.69, 9.17) is 16.3 Å². The SMILES string of the molecule is COc1cc(Cl)c(C)cc1NC(=O)CCNS(=O)(=O)c1ccc(F)c(F)c1. The van der Waals surface area contributed by atoms with Crippen LogP contribution in [-0.2, 0) is 14.8 Å². The monoisotopic (exact) mass is 418 g/mol. The number of benzene rings is 2. The molecule has 1 amide bonds. The lowest BCUT2D eigenvalue weighted by Crippen LogP contribution is -2.28. The highest BCUT2D eigenvalue weighted by molar-refractivity contribution is 7.89. The van der Waals surface area contributed by atoms with Gasteiger partial charge in [0, 0.05) is 24.1 Å². The first-order valence-corrected chi connectivity index (χ1v) is 9.59. The summed E-state index contributed by atoms with van der Waals surface area (Å²) in [6.45, 7) is 1.52. The van der Waals surface area contributed by atoms with Gasteiger partial charge in [0.05, 0.1) is 17.7 Å². The van der Waals surface area contributed by atoms with Crippen LogP contribution in [0.1, 0.15) is 12.0 Å². The third-order valence-corrected chi connectivity index (χ3v) is 5.47. The number of sulfonamides is 1. The second-order valence-corrected chi connectivity index (χ2v) is 7.75. The van der Waals surface area contributed by atoms with Gasteiger partial charge in [-0.05, 0) is 36.8 Å². The Morgan fingerprint density at radius 3 is 2.52 bits per heavy atom. The Kier molecular flexibility index (Phi) is 6.74. The minimum absolute atomic E-state index is 0.187. The smallest absolute Gasteiger partial charge is 0.240 e. The van der Waals surface area contributed by atoms with E-state index in [2.05, 4.69) is 10.0 Å². The zero-order valence-electron chi connectivity index (χ0n) is 14.5. The number of anilines is 1. The molecule has 2 aromatic rings. The lowest BCUT2D eigenvalue weighted by Gasteiger charge is -2.12. The molecular formula is C17H17ClF2N2O4S. The number of halogens is 3. The molecule has 146 valence electrons. The summed E-state index contributed by atoms with van der Waals surface area (Å²) < 4.78 is 57.5. The Hall–Kier alpha value is -2.23. The van der Waals surface area contributed by atoms with E-state index in [0.29, 0.717) is 28.6 Å². The minimum atomic E-state index is -4.07. The number of carbonyl (C=O) groups excluding carboxylic acids is 1. The molecule has 10 heteroatoms. The molecule has 0 saturated heterocycles. The van der Waals surface area contributed by atoms with E-state index in [1.54, 1.807) is 19.1 Å². The van der Waals surface area contributed by atoms with E-state index in [9.17, 15) is 22.0 Å². The average molecular weight is 419 g/mol. The van der Waals surface area contributed by atoms with Crippen LogP contribution >= 0.6 is 11.6 Å². The fourth-order valence-electron chi connectivity index (χ4n) is 2.17. The van der Waals surface area contributed by atoms with E-state index in [-0.39, 0.29) is 13.0 Å². The third kappa shape index (κ3) is 5.38. The second-order valence-electron chi connectivity index (χ2n) is 5.57. The average Bonchev–Trinajstić information content (AvgIpc) is 2.60. The van der Waals surface area contributed by atoms with Gasteiger partial charge in [-0.15, -0.1) is 0 Å². The summed E-state index contributed by atoms with van der Waals surface area (Å²) in [5.74, 6) is -2.54. The Bertz CT molecular complexity index is 968. The van der Waals surface area contributed by atoms with Crippen molar-refractivity contribution in [3.63, 3.8) is 0 Å². The van der Waals surface area contributed by atoms with Crippen LogP contribution in [0.5, 0.6) is 5.75 Å². The molecule has 2 N–H and O–H groups in total. The molecule has 27 heavy (non-hydrogen) atoms. The zero-order valence-corrected chi connectivity index (χ0v) is 16.0. The molecule has 0 saturated carbocycles. The highest BCUT2D eigenvalue weighted by Crippen LogP contribution is 2.30. The maximum absolute atomic E-state index is 13.2. The maximum Gasteiger partial charge on any atom is 0.240 e. The molecule has 0 aliphatic carbocycles. The van der Waals surface area contributed by atoms with E-state index in [0.717, 1.165) is 11.6 Å². The summed E-state index contributed by atoms with van der Waals surface area (Å²) in [6.07, 6.45) is -0.187. The maximum atomic E-state index is 13.2. The van der Waals surface area contributed by atoms with Crippen molar-refractivity contribution in [1.29, 1.82) is 0 Å². The van der Waals surface area contributed by atoms with Crippen LogP contribution in [0.2, 0.25) is 5.02 Å². The molecule has 0 aliphatic rings. The van der Waals surface area contributed by atoms with Gasteiger partial charge in [-0.3, -0.25) is 4.79 Å². The topological polar surface area (TPSA) is 84.5 Å². The molecule has 2 aromatic carbocycles. The molecule has 0 radical (unpaired) electrons. The standard InChI is InChI=1S/C17H17ClF2N2O4S/c1-10-7-15(16(26-2)9-12(10)18)22-17(23)5-6-21-27(24,25)11-3-4-13(19)14(20)8-11/h3-4,7-9,21H,5-6H2,1-2H3,(H,22,23).